The van der Waals surface area contributed by atoms with Crippen molar-refractivity contribution in [2.75, 3.05) is 5.32 Å². The predicted molar refractivity (Wildman–Crippen MR) is 93.0 cm³/mol. The molecule has 1 N–H and O–H groups in total. The number of ether oxygens (including phenoxy) is 1. The van der Waals surface area contributed by atoms with E-state index in [1.807, 2.05) is 31.2 Å². The maximum atomic E-state index is 12.2. The maximum Gasteiger partial charge on any atom is 0.349 e. The van der Waals surface area contributed by atoms with Crippen LogP contribution in [0.15, 0.2) is 36.4 Å². The van der Waals surface area contributed by atoms with Gasteiger partial charge in [-0.1, -0.05) is 31.5 Å². The summed E-state index contributed by atoms with van der Waals surface area (Å²) in [4.78, 5) is 25.9. The van der Waals surface area contributed by atoms with Crippen LogP contribution in [0, 0.1) is 6.92 Å². The summed E-state index contributed by atoms with van der Waals surface area (Å²) in [6, 6.07) is 11.0. The molecule has 4 nitrogen and oxygen atoms in total. The Hall–Kier alpha value is -2.14. The number of amides is 1. The van der Waals surface area contributed by atoms with Crippen LogP contribution in [0.2, 0.25) is 0 Å². The topological polar surface area (TPSA) is 55.4 Å². The SMILES string of the molecule is CCCc1cc(C(=O)OC(C)C(=O)Nc2ccccc2)sc1C. The predicted octanol–water partition coefficient (Wildman–Crippen LogP) is 4.19. The Morgan fingerprint density at radius 1 is 1.26 bits per heavy atom. The molecule has 5 heteroatoms. The normalized spacial score (nSPS) is 11.8. The highest BCUT2D eigenvalue weighted by Gasteiger charge is 2.21. The third-order valence-electron chi connectivity index (χ3n) is 3.44. The number of thiophene rings is 1. The van der Waals surface area contributed by atoms with Crippen LogP contribution in [0.5, 0.6) is 0 Å². The van der Waals surface area contributed by atoms with Crippen LogP contribution in [0.4, 0.5) is 5.69 Å². The summed E-state index contributed by atoms with van der Waals surface area (Å²) in [5.41, 5.74) is 1.85. The van der Waals surface area contributed by atoms with Gasteiger partial charge in [-0.15, -0.1) is 11.3 Å². The summed E-state index contributed by atoms with van der Waals surface area (Å²) in [5, 5.41) is 2.72. The Bertz CT molecular complexity index is 679. The van der Waals surface area contributed by atoms with E-state index in [1.165, 1.54) is 16.9 Å². The van der Waals surface area contributed by atoms with E-state index in [9.17, 15) is 9.59 Å². The molecule has 0 spiro atoms. The molecule has 0 fully saturated rings. The van der Waals surface area contributed by atoms with Crippen LogP contribution >= 0.6 is 11.3 Å². The Balaban J connectivity index is 1.96. The first-order valence-electron chi connectivity index (χ1n) is 7.67. The second-order valence-electron chi connectivity index (χ2n) is 5.34. The van der Waals surface area contributed by atoms with Crippen LogP contribution in [-0.2, 0) is 16.0 Å². The summed E-state index contributed by atoms with van der Waals surface area (Å²) in [7, 11) is 0. The average Bonchev–Trinajstić information content (AvgIpc) is 2.90. The molecule has 0 saturated heterocycles. The lowest BCUT2D eigenvalue weighted by molar-refractivity contribution is -0.123. The van der Waals surface area contributed by atoms with Crippen LogP contribution in [0.1, 0.15) is 40.4 Å². The van der Waals surface area contributed by atoms with Crippen LogP contribution in [-0.4, -0.2) is 18.0 Å². The number of anilines is 1. The third-order valence-corrected chi connectivity index (χ3v) is 4.51. The van der Waals surface area contributed by atoms with E-state index in [4.69, 9.17) is 4.74 Å². The van der Waals surface area contributed by atoms with E-state index in [0.717, 1.165) is 17.7 Å². The van der Waals surface area contributed by atoms with Gasteiger partial charge in [-0.25, -0.2) is 4.79 Å². The van der Waals surface area contributed by atoms with E-state index in [0.29, 0.717) is 10.6 Å². The molecule has 0 bridgehead atoms. The zero-order valence-corrected chi connectivity index (χ0v) is 14.4. The van der Waals surface area contributed by atoms with Gasteiger partial charge in [0.05, 0.1) is 0 Å². The second kappa shape index (κ2) is 7.92. The minimum absolute atomic E-state index is 0.341. The lowest BCUT2D eigenvalue weighted by atomic mass is 10.1. The quantitative estimate of drug-likeness (QED) is 0.807. The largest absolute Gasteiger partial charge is 0.448 e. The average molecular weight is 331 g/mol. The molecule has 2 rings (SSSR count). The van der Waals surface area contributed by atoms with Crippen molar-refractivity contribution >= 4 is 28.9 Å². The number of nitrogens with one attached hydrogen (secondary N) is 1. The van der Waals surface area contributed by atoms with E-state index in [-0.39, 0.29) is 5.91 Å². The Morgan fingerprint density at radius 3 is 2.61 bits per heavy atom. The first kappa shape index (κ1) is 17.2. The summed E-state index contributed by atoms with van der Waals surface area (Å²) in [6.45, 7) is 5.67. The van der Waals surface area contributed by atoms with Gasteiger partial charge >= 0.3 is 5.97 Å². The number of hydrogen-bond donors (Lipinski definition) is 1. The monoisotopic (exact) mass is 331 g/mol. The van der Waals surface area contributed by atoms with Gasteiger partial charge in [0.2, 0.25) is 0 Å². The van der Waals surface area contributed by atoms with Crippen LogP contribution in [0.25, 0.3) is 0 Å². The van der Waals surface area contributed by atoms with Crippen molar-refractivity contribution in [3.63, 3.8) is 0 Å². The van der Waals surface area contributed by atoms with Gasteiger partial charge in [0.1, 0.15) is 4.88 Å². The van der Waals surface area contributed by atoms with Crippen molar-refractivity contribution in [3.05, 3.63) is 51.7 Å². The van der Waals surface area contributed by atoms with Gasteiger partial charge in [-0.3, -0.25) is 4.79 Å². The van der Waals surface area contributed by atoms with Crippen molar-refractivity contribution in [1.82, 2.24) is 0 Å². The fourth-order valence-electron chi connectivity index (χ4n) is 2.18. The first-order chi connectivity index (χ1) is 11.0. The minimum atomic E-state index is -0.847. The number of hydrogen-bond acceptors (Lipinski definition) is 4. The molecule has 1 heterocycles. The number of para-hydroxylation sites is 1. The molecular weight excluding hydrogens is 310 g/mol. The molecule has 0 radical (unpaired) electrons. The van der Waals surface area contributed by atoms with Gasteiger partial charge in [0, 0.05) is 10.6 Å². The number of benzene rings is 1. The van der Waals surface area contributed by atoms with Crippen molar-refractivity contribution in [3.8, 4) is 0 Å². The molecule has 1 aromatic heterocycles. The van der Waals surface area contributed by atoms with Gasteiger partial charge < -0.3 is 10.1 Å². The molecule has 23 heavy (non-hydrogen) atoms. The van der Waals surface area contributed by atoms with Crippen molar-refractivity contribution in [1.29, 1.82) is 0 Å². The highest BCUT2D eigenvalue weighted by Crippen LogP contribution is 2.24. The van der Waals surface area contributed by atoms with Crippen LogP contribution < -0.4 is 5.32 Å². The van der Waals surface area contributed by atoms with Gasteiger partial charge in [0.15, 0.2) is 6.10 Å². The Labute approximate surface area is 140 Å². The molecule has 2 aromatic rings. The van der Waals surface area contributed by atoms with Gasteiger partial charge in [-0.2, -0.15) is 0 Å². The summed E-state index contributed by atoms with van der Waals surface area (Å²) >= 11 is 1.41. The second-order valence-corrected chi connectivity index (χ2v) is 6.60. The molecule has 0 saturated carbocycles. The lowest BCUT2D eigenvalue weighted by Crippen LogP contribution is -2.29. The summed E-state index contributed by atoms with van der Waals surface area (Å²) < 4.78 is 5.28. The number of aryl methyl sites for hydroxylation is 2. The standard InChI is InChI=1S/C18H21NO3S/c1-4-8-14-11-16(23-13(14)3)18(21)22-12(2)17(20)19-15-9-6-5-7-10-15/h5-7,9-12H,4,8H2,1-3H3,(H,19,20). The fraction of sp³-hybridized carbons (Fsp3) is 0.333. The van der Waals surface area contributed by atoms with E-state index < -0.39 is 12.1 Å². The highest BCUT2D eigenvalue weighted by atomic mass is 32.1. The minimum Gasteiger partial charge on any atom is -0.448 e. The van der Waals surface area contributed by atoms with Crippen LogP contribution in [0.3, 0.4) is 0 Å². The molecule has 0 aliphatic heterocycles. The molecule has 1 unspecified atom stereocenters. The Kier molecular flexibility index (Phi) is 5.93. The van der Waals surface area contributed by atoms with E-state index in [1.54, 1.807) is 19.1 Å². The molecule has 0 aliphatic carbocycles. The number of esters is 1. The fourth-order valence-corrected chi connectivity index (χ4v) is 3.13. The molecular formula is C18H21NO3S. The van der Waals surface area contributed by atoms with E-state index >= 15 is 0 Å². The zero-order valence-electron chi connectivity index (χ0n) is 13.6. The van der Waals surface area contributed by atoms with Gasteiger partial charge in [-0.05, 0) is 44.0 Å². The van der Waals surface area contributed by atoms with Crippen molar-refractivity contribution in [2.45, 2.75) is 39.7 Å². The van der Waals surface area contributed by atoms with Crippen molar-refractivity contribution in [2.24, 2.45) is 0 Å². The number of carbonyl (C=O) groups is 2. The Morgan fingerprint density at radius 2 is 1.96 bits per heavy atom. The molecule has 1 aromatic carbocycles. The number of carbonyl (C=O) groups excluding carboxylic acids is 2. The van der Waals surface area contributed by atoms with Gasteiger partial charge in [0.25, 0.3) is 5.91 Å². The molecule has 1 amide bonds. The third kappa shape index (κ3) is 4.66. The first-order valence-corrected chi connectivity index (χ1v) is 8.49. The molecule has 122 valence electrons. The van der Waals surface area contributed by atoms with Crippen molar-refractivity contribution < 1.29 is 14.3 Å². The maximum absolute atomic E-state index is 12.2. The van der Waals surface area contributed by atoms with E-state index in [2.05, 4.69) is 12.2 Å². The lowest BCUT2D eigenvalue weighted by Gasteiger charge is -2.12. The molecule has 1 atom stereocenters. The molecule has 0 aliphatic rings. The summed E-state index contributed by atoms with van der Waals surface area (Å²) in [6.07, 6.45) is 1.13. The summed E-state index contributed by atoms with van der Waals surface area (Å²) in [5.74, 6) is -0.789. The zero-order chi connectivity index (χ0) is 16.8. The number of rotatable bonds is 6. The highest BCUT2D eigenvalue weighted by molar-refractivity contribution is 7.14. The smallest absolute Gasteiger partial charge is 0.349 e.